The second kappa shape index (κ2) is 6.93. The number of hydrogen-bond donors (Lipinski definition) is 1. The third-order valence-electron chi connectivity index (χ3n) is 2.73. The molecule has 0 saturated heterocycles. The molecule has 120 valence electrons. The van der Waals surface area contributed by atoms with Crippen molar-refractivity contribution >= 4 is 6.09 Å². The molecule has 0 unspecified atom stereocenters. The molecule has 6 nitrogen and oxygen atoms in total. The number of nitrogens with one attached hydrogen (secondary N) is 1. The van der Waals surface area contributed by atoms with Crippen molar-refractivity contribution in [3.8, 4) is 0 Å². The normalized spacial score (nSPS) is 12.3. The number of hydrogen-bond acceptors (Lipinski definition) is 5. The summed E-state index contributed by atoms with van der Waals surface area (Å²) in [5, 5.41) is 6.87. The van der Waals surface area contributed by atoms with E-state index < -0.39 is 5.60 Å². The van der Waals surface area contributed by atoms with Crippen LogP contribution in [-0.2, 0) is 11.3 Å². The molecular weight excluding hydrogens is 270 g/mol. The summed E-state index contributed by atoms with van der Waals surface area (Å²) in [6, 6.07) is 1.81. The number of rotatable bonds is 5. The van der Waals surface area contributed by atoms with Gasteiger partial charge in [0.05, 0.1) is 12.7 Å². The molecule has 1 aromatic rings. The minimum Gasteiger partial charge on any atom is -0.444 e. The van der Waals surface area contributed by atoms with E-state index in [1.54, 1.807) is 11.1 Å². The largest absolute Gasteiger partial charge is 0.444 e. The molecule has 0 aromatic carbocycles. The van der Waals surface area contributed by atoms with Crippen molar-refractivity contribution in [2.75, 3.05) is 13.1 Å². The molecule has 21 heavy (non-hydrogen) atoms. The molecule has 0 aliphatic carbocycles. The van der Waals surface area contributed by atoms with E-state index in [2.05, 4.69) is 10.5 Å². The zero-order chi connectivity index (χ0) is 16.1. The Labute approximate surface area is 126 Å². The fraction of sp³-hybridized carbons (Fsp3) is 0.733. The quantitative estimate of drug-likeness (QED) is 0.846. The summed E-state index contributed by atoms with van der Waals surface area (Å²) in [6.45, 7) is 13.4. The lowest BCUT2D eigenvalue weighted by molar-refractivity contribution is 0.00661. The average molecular weight is 297 g/mol. The van der Waals surface area contributed by atoms with Crippen LogP contribution in [0.2, 0.25) is 0 Å². The van der Waals surface area contributed by atoms with E-state index in [0.717, 1.165) is 5.76 Å². The van der Waals surface area contributed by atoms with Crippen molar-refractivity contribution in [2.45, 2.75) is 59.2 Å². The molecular formula is C15H27N3O3. The Morgan fingerprint density at radius 1 is 1.33 bits per heavy atom. The lowest BCUT2D eigenvalue weighted by Crippen LogP contribution is -2.50. The highest BCUT2D eigenvalue weighted by molar-refractivity contribution is 5.69. The van der Waals surface area contributed by atoms with Gasteiger partial charge in [-0.15, -0.1) is 0 Å². The summed E-state index contributed by atoms with van der Waals surface area (Å²) in [5.74, 6) is 0.773. The molecule has 1 amide bonds. The van der Waals surface area contributed by atoms with E-state index >= 15 is 0 Å². The maximum Gasteiger partial charge on any atom is 0.410 e. The van der Waals surface area contributed by atoms with E-state index in [1.165, 1.54) is 0 Å². The Morgan fingerprint density at radius 2 is 2.00 bits per heavy atom. The third-order valence-corrected chi connectivity index (χ3v) is 2.73. The molecule has 0 atom stereocenters. The van der Waals surface area contributed by atoms with Crippen molar-refractivity contribution in [1.29, 1.82) is 0 Å². The van der Waals surface area contributed by atoms with Gasteiger partial charge in [0.15, 0.2) is 0 Å². The van der Waals surface area contributed by atoms with Gasteiger partial charge in [0.25, 0.3) is 0 Å². The monoisotopic (exact) mass is 297 g/mol. The summed E-state index contributed by atoms with van der Waals surface area (Å²) in [7, 11) is 0. The lowest BCUT2D eigenvalue weighted by atomic mass is 10.1. The van der Waals surface area contributed by atoms with Gasteiger partial charge in [-0.1, -0.05) is 5.16 Å². The van der Waals surface area contributed by atoms with Crippen molar-refractivity contribution in [1.82, 2.24) is 15.4 Å². The van der Waals surface area contributed by atoms with Gasteiger partial charge in [-0.2, -0.15) is 0 Å². The van der Waals surface area contributed by atoms with Crippen LogP contribution in [0.3, 0.4) is 0 Å². The number of carbonyl (C=O) groups excluding carboxylic acids is 1. The number of carbonyl (C=O) groups is 1. The Kier molecular flexibility index (Phi) is 5.78. The fourth-order valence-electron chi connectivity index (χ4n) is 1.75. The molecule has 0 radical (unpaired) electrons. The average Bonchev–Trinajstić information content (AvgIpc) is 2.77. The van der Waals surface area contributed by atoms with Crippen LogP contribution in [0.4, 0.5) is 4.79 Å². The Bertz CT molecular complexity index is 430. The Morgan fingerprint density at radius 3 is 2.48 bits per heavy atom. The van der Waals surface area contributed by atoms with Gasteiger partial charge in [0, 0.05) is 24.7 Å². The third kappa shape index (κ3) is 6.62. The predicted octanol–water partition coefficient (Wildman–Crippen LogP) is 2.80. The minimum absolute atomic E-state index is 0.295. The van der Waals surface area contributed by atoms with Gasteiger partial charge < -0.3 is 19.5 Å². The molecule has 0 aliphatic heterocycles. The van der Waals surface area contributed by atoms with E-state index in [9.17, 15) is 4.79 Å². The molecule has 1 N–H and O–H groups in total. The number of amides is 1. The highest BCUT2D eigenvalue weighted by atomic mass is 16.6. The van der Waals surface area contributed by atoms with Crippen LogP contribution in [-0.4, -0.2) is 40.4 Å². The number of nitrogens with zero attached hydrogens (tertiary/aromatic N) is 2. The summed E-state index contributed by atoms with van der Waals surface area (Å²) >= 11 is 0. The van der Waals surface area contributed by atoms with Crippen LogP contribution in [0.5, 0.6) is 0 Å². The van der Waals surface area contributed by atoms with Gasteiger partial charge >= 0.3 is 6.09 Å². The van der Waals surface area contributed by atoms with E-state index in [1.807, 2.05) is 47.6 Å². The van der Waals surface area contributed by atoms with Gasteiger partial charge in [0.2, 0.25) is 0 Å². The smallest absolute Gasteiger partial charge is 0.410 e. The molecule has 0 saturated carbocycles. The molecule has 0 spiro atoms. The SMILES string of the molecule is CC(C)(C)OC(=O)N(CCNCc1ccno1)C(C)(C)C. The number of ether oxygens (including phenoxy) is 1. The van der Waals surface area contributed by atoms with E-state index in [4.69, 9.17) is 9.26 Å². The zero-order valence-corrected chi connectivity index (χ0v) is 13.9. The van der Waals surface area contributed by atoms with Crippen molar-refractivity contribution in [2.24, 2.45) is 0 Å². The lowest BCUT2D eigenvalue weighted by Gasteiger charge is -2.36. The molecule has 0 aliphatic rings. The van der Waals surface area contributed by atoms with Gasteiger partial charge in [-0.3, -0.25) is 0 Å². The highest BCUT2D eigenvalue weighted by Gasteiger charge is 2.30. The van der Waals surface area contributed by atoms with Crippen LogP contribution >= 0.6 is 0 Å². The molecule has 0 bridgehead atoms. The van der Waals surface area contributed by atoms with Gasteiger partial charge in [-0.05, 0) is 41.5 Å². The summed E-state index contributed by atoms with van der Waals surface area (Å²) in [4.78, 5) is 14.0. The van der Waals surface area contributed by atoms with Gasteiger partial charge in [0.1, 0.15) is 11.4 Å². The first-order valence-electron chi connectivity index (χ1n) is 7.20. The van der Waals surface area contributed by atoms with Gasteiger partial charge in [-0.25, -0.2) is 4.79 Å². The fourth-order valence-corrected chi connectivity index (χ4v) is 1.75. The van der Waals surface area contributed by atoms with E-state index in [-0.39, 0.29) is 11.6 Å². The Balaban J connectivity index is 2.49. The second-order valence-corrected chi connectivity index (χ2v) is 6.96. The first-order chi connectivity index (χ1) is 9.59. The standard InChI is InChI=1S/C15H27N3O3/c1-14(2,3)18(13(19)20-15(4,5)6)10-9-16-11-12-7-8-17-21-12/h7-8,16H,9-11H2,1-6H3. The molecule has 1 aromatic heterocycles. The van der Waals surface area contributed by atoms with Crippen LogP contribution in [0.15, 0.2) is 16.8 Å². The molecule has 0 fully saturated rings. The zero-order valence-electron chi connectivity index (χ0n) is 13.9. The number of aromatic nitrogens is 1. The van der Waals surface area contributed by atoms with Crippen LogP contribution < -0.4 is 5.32 Å². The highest BCUT2D eigenvalue weighted by Crippen LogP contribution is 2.17. The summed E-state index contributed by atoms with van der Waals surface area (Å²) < 4.78 is 10.5. The second-order valence-electron chi connectivity index (χ2n) is 6.96. The topological polar surface area (TPSA) is 67.6 Å². The Hall–Kier alpha value is -1.56. The van der Waals surface area contributed by atoms with Crippen LogP contribution in [0, 0.1) is 0 Å². The molecule has 6 heteroatoms. The van der Waals surface area contributed by atoms with Crippen molar-refractivity contribution in [3.05, 3.63) is 18.0 Å². The van der Waals surface area contributed by atoms with Crippen molar-refractivity contribution in [3.63, 3.8) is 0 Å². The summed E-state index contributed by atoms with van der Waals surface area (Å²) in [5.41, 5.74) is -0.788. The maximum absolute atomic E-state index is 12.3. The van der Waals surface area contributed by atoms with E-state index in [0.29, 0.717) is 19.6 Å². The van der Waals surface area contributed by atoms with Crippen LogP contribution in [0.25, 0.3) is 0 Å². The first-order valence-corrected chi connectivity index (χ1v) is 7.20. The molecule has 1 heterocycles. The van der Waals surface area contributed by atoms with Crippen molar-refractivity contribution < 1.29 is 14.1 Å². The first kappa shape index (κ1) is 17.5. The van der Waals surface area contributed by atoms with Crippen LogP contribution in [0.1, 0.15) is 47.3 Å². The summed E-state index contributed by atoms with van der Waals surface area (Å²) in [6.07, 6.45) is 1.32. The maximum atomic E-state index is 12.3. The minimum atomic E-state index is -0.492. The molecule has 1 rings (SSSR count). The predicted molar refractivity (Wildman–Crippen MR) is 80.9 cm³/mol.